The summed E-state index contributed by atoms with van der Waals surface area (Å²) in [5.41, 5.74) is 0. The minimum absolute atomic E-state index is 0.247. The smallest absolute Gasteiger partial charge is 0.376 e. The molecule has 0 atom stereocenters. The SMILES string of the molecule is CC=CC(=O)OC[Si](CCC)(OC)OC. The van der Waals surface area contributed by atoms with Gasteiger partial charge < -0.3 is 13.6 Å². The minimum atomic E-state index is -2.31. The fourth-order valence-corrected chi connectivity index (χ4v) is 3.30. The van der Waals surface area contributed by atoms with Crippen molar-refractivity contribution in [3.8, 4) is 0 Å². The van der Waals surface area contributed by atoms with Gasteiger partial charge >= 0.3 is 14.5 Å². The molecule has 0 aromatic heterocycles. The predicted molar refractivity (Wildman–Crippen MR) is 60.6 cm³/mol. The number of hydrogen-bond donors (Lipinski definition) is 0. The van der Waals surface area contributed by atoms with E-state index >= 15 is 0 Å². The molecule has 0 saturated carbocycles. The van der Waals surface area contributed by atoms with Crippen molar-refractivity contribution >= 4 is 14.5 Å². The van der Waals surface area contributed by atoms with Crippen LogP contribution in [0.3, 0.4) is 0 Å². The van der Waals surface area contributed by atoms with E-state index in [1.807, 2.05) is 6.92 Å². The zero-order valence-electron chi connectivity index (χ0n) is 9.91. The van der Waals surface area contributed by atoms with E-state index in [1.54, 1.807) is 27.2 Å². The zero-order valence-corrected chi connectivity index (χ0v) is 10.9. The number of allylic oxidation sites excluding steroid dienone is 1. The highest BCUT2D eigenvalue weighted by Gasteiger charge is 2.36. The molecule has 0 bridgehead atoms. The average Bonchev–Trinajstić information content (AvgIpc) is 2.25. The molecule has 0 rings (SSSR count). The molecule has 0 aliphatic carbocycles. The van der Waals surface area contributed by atoms with Gasteiger partial charge in [-0.05, 0) is 13.0 Å². The Hall–Kier alpha value is -0.653. The summed E-state index contributed by atoms with van der Waals surface area (Å²) in [7, 11) is 0.900. The summed E-state index contributed by atoms with van der Waals surface area (Å²) in [6.45, 7) is 3.82. The third-order valence-corrected chi connectivity index (χ3v) is 5.45. The van der Waals surface area contributed by atoms with E-state index in [-0.39, 0.29) is 12.2 Å². The Morgan fingerprint density at radius 2 is 1.93 bits per heavy atom. The van der Waals surface area contributed by atoms with Crippen LogP contribution in [0.5, 0.6) is 0 Å². The second kappa shape index (κ2) is 7.61. The van der Waals surface area contributed by atoms with Gasteiger partial charge in [-0.1, -0.05) is 19.4 Å². The Morgan fingerprint density at radius 3 is 2.33 bits per heavy atom. The molecule has 0 aliphatic rings. The topological polar surface area (TPSA) is 44.8 Å². The Kier molecular flexibility index (Phi) is 7.28. The minimum Gasteiger partial charge on any atom is -0.461 e. The molecule has 0 spiro atoms. The van der Waals surface area contributed by atoms with Crippen molar-refractivity contribution in [2.75, 3.05) is 20.4 Å². The van der Waals surface area contributed by atoms with Crippen LogP contribution in [0.15, 0.2) is 12.2 Å². The number of hydrogen-bond acceptors (Lipinski definition) is 4. The van der Waals surface area contributed by atoms with E-state index < -0.39 is 8.56 Å². The van der Waals surface area contributed by atoms with E-state index in [9.17, 15) is 4.79 Å². The molecular formula is C10H20O4Si. The molecule has 0 aromatic carbocycles. The van der Waals surface area contributed by atoms with Gasteiger partial charge in [0.25, 0.3) is 0 Å². The second-order valence-electron chi connectivity index (χ2n) is 3.18. The summed E-state index contributed by atoms with van der Waals surface area (Å²) in [6, 6.07) is 0.823. The van der Waals surface area contributed by atoms with Crippen molar-refractivity contribution in [3.63, 3.8) is 0 Å². The van der Waals surface area contributed by atoms with Crippen LogP contribution in [0.1, 0.15) is 20.3 Å². The number of rotatable bonds is 7. The highest BCUT2D eigenvalue weighted by molar-refractivity contribution is 6.67. The molecule has 15 heavy (non-hydrogen) atoms. The van der Waals surface area contributed by atoms with E-state index in [1.165, 1.54) is 6.08 Å². The molecule has 88 valence electrons. The van der Waals surface area contributed by atoms with Crippen LogP contribution >= 0.6 is 0 Å². The first-order valence-corrected chi connectivity index (χ1v) is 7.27. The van der Waals surface area contributed by atoms with Gasteiger partial charge in [-0.15, -0.1) is 0 Å². The standard InChI is InChI=1S/C10H20O4Si/c1-5-7-10(11)14-9-15(12-3,13-4)8-6-2/h5,7H,6,8-9H2,1-4H3. The van der Waals surface area contributed by atoms with Crippen LogP contribution in [0.2, 0.25) is 6.04 Å². The van der Waals surface area contributed by atoms with Crippen molar-refractivity contribution in [2.45, 2.75) is 26.3 Å². The first-order valence-electron chi connectivity index (χ1n) is 5.04. The van der Waals surface area contributed by atoms with Gasteiger partial charge in [0, 0.05) is 20.3 Å². The van der Waals surface area contributed by atoms with Crippen LogP contribution in [0.25, 0.3) is 0 Å². The lowest BCUT2D eigenvalue weighted by Crippen LogP contribution is -2.45. The predicted octanol–water partition coefficient (Wildman–Crippen LogP) is 1.79. The quantitative estimate of drug-likeness (QED) is 0.381. The van der Waals surface area contributed by atoms with E-state index in [2.05, 4.69) is 0 Å². The van der Waals surface area contributed by atoms with Crippen molar-refractivity contribution in [1.29, 1.82) is 0 Å². The van der Waals surface area contributed by atoms with E-state index in [0.717, 1.165) is 12.5 Å². The molecule has 0 unspecified atom stereocenters. The number of ether oxygens (including phenoxy) is 1. The highest BCUT2D eigenvalue weighted by Crippen LogP contribution is 2.14. The third kappa shape index (κ3) is 5.11. The summed E-state index contributed by atoms with van der Waals surface area (Å²) in [6.07, 6.45) is 4.23. The molecule has 0 aromatic rings. The zero-order chi connectivity index (χ0) is 11.7. The van der Waals surface area contributed by atoms with E-state index in [4.69, 9.17) is 13.6 Å². The molecular weight excluding hydrogens is 212 g/mol. The van der Waals surface area contributed by atoms with Crippen LogP contribution in [-0.4, -0.2) is 35.0 Å². The van der Waals surface area contributed by atoms with Gasteiger partial charge in [0.15, 0.2) is 0 Å². The first-order chi connectivity index (χ1) is 7.14. The van der Waals surface area contributed by atoms with Gasteiger partial charge in [0.2, 0.25) is 0 Å². The molecule has 0 saturated heterocycles. The van der Waals surface area contributed by atoms with Crippen LogP contribution in [0.4, 0.5) is 0 Å². The van der Waals surface area contributed by atoms with Gasteiger partial charge in [0.05, 0.1) is 0 Å². The molecule has 0 radical (unpaired) electrons. The third-order valence-electron chi connectivity index (χ3n) is 2.11. The lowest BCUT2D eigenvalue weighted by Gasteiger charge is -2.25. The molecule has 4 nitrogen and oxygen atoms in total. The van der Waals surface area contributed by atoms with Gasteiger partial charge in [-0.25, -0.2) is 4.79 Å². The van der Waals surface area contributed by atoms with Crippen molar-refractivity contribution in [3.05, 3.63) is 12.2 Å². The molecule has 0 fully saturated rings. The van der Waals surface area contributed by atoms with E-state index in [0.29, 0.717) is 0 Å². The maximum atomic E-state index is 11.1. The molecule has 0 aliphatic heterocycles. The van der Waals surface area contributed by atoms with Gasteiger partial charge in [-0.2, -0.15) is 0 Å². The summed E-state index contributed by atoms with van der Waals surface area (Å²) < 4.78 is 15.8. The largest absolute Gasteiger partial charge is 0.461 e. The Balaban J connectivity index is 4.22. The lowest BCUT2D eigenvalue weighted by molar-refractivity contribution is -0.136. The summed E-state index contributed by atoms with van der Waals surface area (Å²) >= 11 is 0. The summed E-state index contributed by atoms with van der Waals surface area (Å²) in [5, 5.41) is 0. The molecule has 5 heteroatoms. The molecule has 0 N–H and O–H groups in total. The summed E-state index contributed by atoms with van der Waals surface area (Å²) in [4.78, 5) is 11.1. The Morgan fingerprint density at radius 1 is 1.33 bits per heavy atom. The number of esters is 1. The maximum absolute atomic E-state index is 11.1. The molecule has 0 heterocycles. The van der Waals surface area contributed by atoms with Gasteiger partial charge in [0.1, 0.15) is 6.23 Å². The Labute approximate surface area is 92.5 Å². The van der Waals surface area contributed by atoms with Crippen LogP contribution in [0, 0.1) is 0 Å². The lowest BCUT2D eigenvalue weighted by atomic mass is 10.5. The second-order valence-corrected chi connectivity index (χ2v) is 6.60. The number of carbonyl (C=O) groups is 1. The Bertz CT molecular complexity index is 211. The van der Waals surface area contributed by atoms with Crippen LogP contribution in [-0.2, 0) is 18.4 Å². The monoisotopic (exact) mass is 232 g/mol. The first kappa shape index (κ1) is 14.3. The fourth-order valence-electron chi connectivity index (χ4n) is 1.22. The normalized spacial score (nSPS) is 12.0. The highest BCUT2D eigenvalue weighted by atomic mass is 28.4. The van der Waals surface area contributed by atoms with Crippen molar-refractivity contribution < 1.29 is 18.4 Å². The van der Waals surface area contributed by atoms with Crippen LogP contribution < -0.4 is 0 Å². The fraction of sp³-hybridized carbons (Fsp3) is 0.700. The molecule has 0 amide bonds. The van der Waals surface area contributed by atoms with Crippen molar-refractivity contribution in [1.82, 2.24) is 0 Å². The number of carbonyl (C=O) groups excluding carboxylic acids is 1. The maximum Gasteiger partial charge on any atom is 0.376 e. The van der Waals surface area contributed by atoms with Gasteiger partial charge in [-0.3, -0.25) is 0 Å². The van der Waals surface area contributed by atoms with Crippen molar-refractivity contribution in [2.24, 2.45) is 0 Å². The average molecular weight is 232 g/mol. The summed E-state index contributed by atoms with van der Waals surface area (Å²) in [5.74, 6) is -0.348.